The number of nitrogens with one attached hydrogen (secondary N) is 1. The molecule has 0 aromatic heterocycles. The van der Waals surface area contributed by atoms with Gasteiger partial charge in [-0.3, -0.25) is 0 Å². The van der Waals surface area contributed by atoms with Gasteiger partial charge in [-0.25, -0.2) is 0 Å². The first-order valence-corrected chi connectivity index (χ1v) is 7.35. The van der Waals surface area contributed by atoms with Crippen LogP contribution in [0, 0.1) is 0 Å². The van der Waals surface area contributed by atoms with Crippen LogP contribution < -0.4 is 5.32 Å². The molecule has 0 rings (SSSR count). The molecule has 18 heavy (non-hydrogen) atoms. The van der Waals surface area contributed by atoms with Crippen LogP contribution in [0.1, 0.15) is 46.0 Å². The quantitative estimate of drug-likeness (QED) is 0.469. The molecule has 0 aliphatic heterocycles. The fourth-order valence-corrected chi connectivity index (χ4v) is 1.62. The number of hydrogen-bond acceptors (Lipinski definition) is 4. The molecule has 1 unspecified atom stereocenters. The van der Waals surface area contributed by atoms with Crippen molar-refractivity contribution < 1.29 is 14.6 Å². The average molecular weight is 261 g/mol. The maximum atomic E-state index is 9.64. The summed E-state index contributed by atoms with van der Waals surface area (Å²) in [5.41, 5.74) is 0. The molecule has 0 amide bonds. The lowest BCUT2D eigenvalue weighted by atomic mass is 10.2. The van der Waals surface area contributed by atoms with Crippen LogP contribution in [0.25, 0.3) is 0 Å². The fraction of sp³-hybridized carbons (Fsp3) is 1.00. The summed E-state index contributed by atoms with van der Waals surface area (Å²) in [6, 6.07) is 0. The van der Waals surface area contributed by atoms with Crippen LogP contribution in [0.5, 0.6) is 0 Å². The fourth-order valence-electron chi connectivity index (χ4n) is 1.62. The first-order chi connectivity index (χ1) is 8.81. The first-order valence-electron chi connectivity index (χ1n) is 7.35. The van der Waals surface area contributed by atoms with Crippen LogP contribution in [0.4, 0.5) is 0 Å². The predicted octanol–water partition coefficient (Wildman–Crippen LogP) is 1.96. The van der Waals surface area contributed by atoms with Crippen molar-refractivity contribution in [3.05, 3.63) is 0 Å². The Hall–Kier alpha value is -0.160. The van der Waals surface area contributed by atoms with E-state index >= 15 is 0 Å². The molecule has 0 saturated heterocycles. The van der Waals surface area contributed by atoms with Crippen LogP contribution in [-0.2, 0) is 9.47 Å². The van der Waals surface area contributed by atoms with Crippen molar-refractivity contribution in [1.29, 1.82) is 0 Å². The highest BCUT2D eigenvalue weighted by atomic mass is 16.5. The molecule has 0 aliphatic carbocycles. The summed E-state index contributed by atoms with van der Waals surface area (Å²) in [6.07, 6.45) is 5.42. The summed E-state index contributed by atoms with van der Waals surface area (Å²) in [4.78, 5) is 0. The molecule has 0 aromatic rings. The number of unbranched alkanes of at least 4 members (excludes halogenated alkanes) is 3. The first kappa shape index (κ1) is 17.8. The van der Waals surface area contributed by atoms with E-state index < -0.39 is 6.10 Å². The molecule has 4 nitrogen and oxygen atoms in total. The third-order valence-electron chi connectivity index (χ3n) is 2.68. The molecule has 4 heteroatoms. The summed E-state index contributed by atoms with van der Waals surface area (Å²) >= 11 is 0. The molecule has 0 bridgehead atoms. The molecule has 0 saturated carbocycles. The van der Waals surface area contributed by atoms with Gasteiger partial charge < -0.3 is 19.9 Å². The maximum Gasteiger partial charge on any atom is 0.0897 e. The number of aliphatic hydroxyl groups is 1. The van der Waals surface area contributed by atoms with Crippen molar-refractivity contribution in [2.45, 2.75) is 52.1 Å². The monoisotopic (exact) mass is 261 g/mol. The minimum absolute atomic E-state index is 0.400. The van der Waals surface area contributed by atoms with Crippen molar-refractivity contribution in [2.24, 2.45) is 0 Å². The van der Waals surface area contributed by atoms with Crippen LogP contribution in [0.2, 0.25) is 0 Å². The third kappa shape index (κ3) is 13.9. The van der Waals surface area contributed by atoms with Gasteiger partial charge in [0, 0.05) is 26.4 Å². The molecule has 2 N–H and O–H groups in total. The van der Waals surface area contributed by atoms with Gasteiger partial charge in [-0.15, -0.1) is 0 Å². The Morgan fingerprint density at radius 3 is 2.50 bits per heavy atom. The van der Waals surface area contributed by atoms with E-state index in [0.717, 1.165) is 39.2 Å². The molecule has 110 valence electrons. The molecular weight excluding hydrogens is 230 g/mol. The van der Waals surface area contributed by atoms with Crippen molar-refractivity contribution in [3.8, 4) is 0 Å². The summed E-state index contributed by atoms with van der Waals surface area (Å²) in [5, 5.41) is 12.8. The lowest BCUT2D eigenvalue weighted by Crippen LogP contribution is -2.31. The second kappa shape index (κ2) is 14.9. The zero-order valence-corrected chi connectivity index (χ0v) is 12.1. The van der Waals surface area contributed by atoms with E-state index in [4.69, 9.17) is 9.47 Å². The lowest BCUT2D eigenvalue weighted by Gasteiger charge is -2.12. The number of aliphatic hydroxyl groups excluding tert-OH is 1. The number of hydrogen-bond donors (Lipinski definition) is 2. The van der Waals surface area contributed by atoms with Crippen LogP contribution in [-0.4, -0.2) is 50.7 Å². The Morgan fingerprint density at radius 2 is 1.78 bits per heavy atom. The SMILES string of the molecule is CCCCCCOCC(O)CNCCCOCC. The van der Waals surface area contributed by atoms with Crippen molar-refractivity contribution in [3.63, 3.8) is 0 Å². The van der Waals surface area contributed by atoms with Crippen LogP contribution in [0.3, 0.4) is 0 Å². The predicted molar refractivity (Wildman–Crippen MR) is 74.9 cm³/mol. The summed E-state index contributed by atoms with van der Waals surface area (Å²) < 4.78 is 10.6. The molecule has 0 spiro atoms. The standard InChI is InChI=1S/C14H31NO3/c1-3-5-6-7-10-18-13-14(16)12-15-9-8-11-17-4-2/h14-16H,3-13H2,1-2H3. The Kier molecular flexibility index (Phi) is 14.8. The van der Waals surface area contributed by atoms with Crippen LogP contribution in [0.15, 0.2) is 0 Å². The van der Waals surface area contributed by atoms with Gasteiger partial charge >= 0.3 is 0 Å². The summed E-state index contributed by atoms with van der Waals surface area (Å²) in [5.74, 6) is 0. The van der Waals surface area contributed by atoms with E-state index in [-0.39, 0.29) is 0 Å². The maximum absolute atomic E-state index is 9.64. The van der Waals surface area contributed by atoms with Gasteiger partial charge in [0.25, 0.3) is 0 Å². The Morgan fingerprint density at radius 1 is 1.00 bits per heavy atom. The second-order valence-corrected chi connectivity index (χ2v) is 4.54. The third-order valence-corrected chi connectivity index (χ3v) is 2.68. The average Bonchev–Trinajstić information content (AvgIpc) is 2.38. The lowest BCUT2D eigenvalue weighted by molar-refractivity contribution is 0.0352. The summed E-state index contributed by atoms with van der Waals surface area (Å²) in [7, 11) is 0. The zero-order valence-electron chi connectivity index (χ0n) is 12.1. The van der Waals surface area contributed by atoms with E-state index in [9.17, 15) is 5.11 Å². The molecule has 0 radical (unpaired) electrons. The molecule has 0 aromatic carbocycles. The van der Waals surface area contributed by atoms with E-state index in [1.807, 2.05) is 6.92 Å². The minimum atomic E-state index is -0.400. The van der Waals surface area contributed by atoms with E-state index in [0.29, 0.717) is 13.2 Å². The van der Waals surface area contributed by atoms with Crippen molar-refractivity contribution >= 4 is 0 Å². The Balaban J connectivity index is 3.10. The van der Waals surface area contributed by atoms with Gasteiger partial charge in [0.05, 0.1) is 12.7 Å². The van der Waals surface area contributed by atoms with Gasteiger partial charge in [-0.05, 0) is 26.3 Å². The second-order valence-electron chi connectivity index (χ2n) is 4.54. The summed E-state index contributed by atoms with van der Waals surface area (Å²) in [6.45, 7) is 8.43. The molecule has 0 heterocycles. The number of rotatable bonds is 14. The van der Waals surface area contributed by atoms with Crippen molar-refractivity contribution in [2.75, 3.05) is 39.5 Å². The minimum Gasteiger partial charge on any atom is -0.389 e. The Labute approximate surface area is 112 Å². The smallest absolute Gasteiger partial charge is 0.0897 e. The van der Waals surface area contributed by atoms with E-state index in [1.54, 1.807) is 0 Å². The molecular formula is C14H31NO3. The number of ether oxygens (including phenoxy) is 2. The van der Waals surface area contributed by atoms with E-state index in [2.05, 4.69) is 12.2 Å². The molecule has 0 fully saturated rings. The highest BCUT2D eigenvalue weighted by molar-refractivity contribution is 4.58. The normalized spacial score (nSPS) is 12.8. The topological polar surface area (TPSA) is 50.7 Å². The van der Waals surface area contributed by atoms with Gasteiger partial charge in [0.2, 0.25) is 0 Å². The highest BCUT2D eigenvalue weighted by Crippen LogP contribution is 1.99. The van der Waals surface area contributed by atoms with Gasteiger partial charge in [0.15, 0.2) is 0 Å². The van der Waals surface area contributed by atoms with Crippen LogP contribution >= 0.6 is 0 Å². The van der Waals surface area contributed by atoms with E-state index in [1.165, 1.54) is 19.3 Å². The molecule has 0 aliphatic rings. The van der Waals surface area contributed by atoms with Crippen molar-refractivity contribution in [1.82, 2.24) is 5.32 Å². The zero-order chi connectivity index (χ0) is 13.5. The molecule has 1 atom stereocenters. The highest BCUT2D eigenvalue weighted by Gasteiger charge is 2.03. The van der Waals surface area contributed by atoms with Gasteiger partial charge in [0.1, 0.15) is 0 Å². The largest absolute Gasteiger partial charge is 0.389 e. The van der Waals surface area contributed by atoms with Gasteiger partial charge in [-0.2, -0.15) is 0 Å². The Bertz CT molecular complexity index is 140. The van der Waals surface area contributed by atoms with Gasteiger partial charge in [-0.1, -0.05) is 26.2 Å².